The van der Waals surface area contributed by atoms with Gasteiger partial charge in [-0.1, -0.05) is 64.1 Å². The number of rotatable bonds is 18. The van der Waals surface area contributed by atoms with Crippen LogP contribution in [0.1, 0.15) is 52.7 Å². The summed E-state index contributed by atoms with van der Waals surface area (Å²) in [5, 5.41) is 34.2. The molecule has 0 fully saturated rings. The zero-order valence-electron chi connectivity index (χ0n) is 31.8. The summed E-state index contributed by atoms with van der Waals surface area (Å²) < 4.78 is 0. The SMILES string of the molecule is CC(C)[C@H](NC(=O)[C@@H](NC(=O)[C@H](Cc1c[nH]c2ccccc12)NC(=O)[C@H](Cc1c[nH]c2ccccc12)NC(=O)[C@H](C)NC(=O)[C@@H](N)[C@@H](C)O)C(C)C)C(=O)O. The molecule has 55 heavy (non-hydrogen) atoms. The minimum absolute atomic E-state index is 0.0142. The molecule has 0 aliphatic rings. The van der Waals surface area contributed by atoms with Gasteiger partial charge in [-0.25, -0.2) is 4.79 Å². The van der Waals surface area contributed by atoms with Crippen molar-refractivity contribution < 1.29 is 39.0 Å². The van der Waals surface area contributed by atoms with Crippen molar-refractivity contribution in [3.63, 3.8) is 0 Å². The smallest absolute Gasteiger partial charge is 0.326 e. The summed E-state index contributed by atoms with van der Waals surface area (Å²) in [6.45, 7) is 9.45. The summed E-state index contributed by atoms with van der Waals surface area (Å²) in [5.41, 5.74) is 8.72. The van der Waals surface area contributed by atoms with E-state index in [0.717, 1.165) is 21.8 Å². The molecule has 4 aromatic rings. The lowest BCUT2D eigenvalue weighted by molar-refractivity contribution is -0.144. The number of aromatic amines is 2. The van der Waals surface area contributed by atoms with Crippen molar-refractivity contribution in [2.45, 2.75) is 96.7 Å². The van der Waals surface area contributed by atoms with Gasteiger partial charge in [-0.2, -0.15) is 0 Å². The molecule has 4 rings (SSSR count). The Hall–Kier alpha value is -5.74. The van der Waals surface area contributed by atoms with E-state index < -0.39 is 89.7 Å². The lowest BCUT2D eigenvalue weighted by Gasteiger charge is -2.28. The van der Waals surface area contributed by atoms with E-state index in [2.05, 4.69) is 36.6 Å². The maximum Gasteiger partial charge on any atom is 0.326 e. The van der Waals surface area contributed by atoms with Gasteiger partial charge in [0.2, 0.25) is 29.5 Å². The van der Waals surface area contributed by atoms with Gasteiger partial charge in [0, 0.05) is 47.0 Å². The molecule has 7 atom stereocenters. The topological polar surface area (TPSA) is 261 Å². The fourth-order valence-corrected chi connectivity index (χ4v) is 6.17. The number of H-pyrrole nitrogens is 2. The number of benzene rings is 2. The number of hydrogen-bond donors (Lipinski definition) is 10. The molecule has 2 aromatic heterocycles. The second kappa shape index (κ2) is 18.5. The lowest BCUT2D eigenvalue weighted by atomic mass is 9.98. The molecule has 0 saturated carbocycles. The Bertz CT molecular complexity index is 2000. The van der Waals surface area contributed by atoms with Gasteiger partial charge in [0.15, 0.2) is 0 Å². The van der Waals surface area contributed by atoms with Crippen LogP contribution in [0.5, 0.6) is 0 Å². The Morgan fingerprint density at radius 2 is 1.04 bits per heavy atom. The average Bonchev–Trinajstić information content (AvgIpc) is 3.74. The Morgan fingerprint density at radius 1 is 0.600 bits per heavy atom. The van der Waals surface area contributed by atoms with E-state index in [1.54, 1.807) is 40.1 Å². The predicted octanol–water partition coefficient (Wildman–Crippen LogP) is 0.983. The van der Waals surface area contributed by atoms with Gasteiger partial charge in [0.05, 0.1) is 6.10 Å². The van der Waals surface area contributed by atoms with E-state index in [4.69, 9.17) is 5.73 Å². The van der Waals surface area contributed by atoms with Crippen molar-refractivity contribution in [1.29, 1.82) is 0 Å². The molecule has 0 bridgehead atoms. The molecular weight excluding hydrogens is 708 g/mol. The number of aromatic nitrogens is 2. The zero-order valence-corrected chi connectivity index (χ0v) is 31.8. The van der Waals surface area contributed by atoms with Crippen molar-refractivity contribution in [3.05, 3.63) is 72.1 Å². The van der Waals surface area contributed by atoms with E-state index in [-0.39, 0.29) is 12.8 Å². The van der Waals surface area contributed by atoms with Crippen LogP contribution in [0.4, 0.5) is 0 Å². The number of para-hydroxylation sites is 2. The first kappa shape index (κ1) is 42.0. The first-order valence-electron chi connectivity index (χ1n) is 18.3. The van der Waals surface area contributed by atoms with Gasteiger partial charge >= 0.3 is 5.97 Å². The van der Waals surface area contributed by atoms with Crippen molar-refractivity contribution in [2.75, 3.05) is 0 Å². The number of amides is 5. The van der Waals surface area contributed by atoms with Crippen LogP contribution in [0.25, 0.3) is 21.8 Å². The Balaban J connectivity index is 1.66. The van der Waals surface area contributed by atoms with Crippen molar-refractivity contribution >= 4 is 57.3 Å². The highest BCUT2D eigenvalue weighted by atomic mass is 16.4. The first-order chi connectivity index (χ1) is 26.0. The number of fused-ring (bicyclic) bond motifs is 2. The molecule has 16 heteroatoms. The van der Waals surface area contributed by atoms with E-state index in [1.165, 1.54) is 13.8 Å². The number of aliphatic hydroxyl groups excluding tert-OH is 1. The van der Waals surface area contributed by atoms with Crippen molar-refractivity contribution in [1.82, 2.24) is 36.6 Å². The predicted molar refractivity (Wildman–Crippen MR) is 206 cm³/mol. The highest BCUT2D eigenvalue weighted by molar-refractivity contribution is 5.97. The quantitative estimate of drug-likeness (QED) is 0.0693. The third kappa shape index (κ3) is 10.7. The number of carbonyl (C=O) groups is 6. The summed E-state index contributed by atoms with van der Waals surface area (Å²) >= 11 is 0. The second-order valence-electron chi connectivity index (χ2n) is 14.5. The number of nitrogens with two attached hydrogens (primary N) is 1. The number of carboxylic acids is 1. The number of aliphatic hydroxyl groups is 1. The highest BCUT2D eigenvalue weighted by Crippen LogP contribution is 2.21. The first-order valence-corrected chi connectivity index (χ1v) is 18.3. The third-order valence-electron chi connectivity index (χ3n) is 9.52. The average molecular weight is 761 g/mol. The number of carbonyl (C=O) groups excluding carboxylic acids is 5. The maximum atomic E-state index is 14.3. The molecule has 2 aromatic carbocycles. The summed E-state index contributed by atoms with van der Waals surface area (Å²) in [5.74, 6) is -5.75. The molecule has 5 amide bonds. The minimum Gasteiger partial charge on any atom is -0.480 e. The number of nitrogens with one attached hydrogen (secondary N) is 7. The Labute approximate surface area is 318 Å². The largest absolute Gasteiger partial charge is 0.480 e. The van der Waals surface area contributed by atoms with E-state index >= 15 is 0 Å². The third-order valence-corrected chi connectivity index (χ3v) is 9.52. The summed E-state index contributed by atoms with van der Waals surface area (Å²) in [6.07, 6.45) is 2.23. The zero-order chi connectivity index (χ0) is 40.6. The monoisotopic (exact) mass is 760 g/mol. The van der Waals surface area contributed by atoms with Crippen LogP contribution in [0.3, 0.4) is 0 Å². The normalized spacial score (nSPS) is 15.4. The standard InChI is InChI=1S/C39H52N8O8/c1-19(2)32(38(53)47-33(20(3)4)39(54)55)46-36(51)30(16-24-18-42-28-14-10-8-12-26(24)28)45-35(50)29(15-23-17-41-27-13-9-7-11-25(23)27)44-34(49)21(5)43-37(52)31(40)22(6)48/h7-14,17-22,29-33,41-42,48H,15-16,40H2,1-6H3,(H,43,52)(H,44,49)(H,45,50)(H,46,51)(H,47,53)(H,54,55)/t21-,22+,29-,30-,31-,32-,33-/m0/s1. The molecule has 2 heterocycles. The van der Waals surface area contributed by atoms with E-state index in [1.807, 2.05) is 48.5 Å². The summed E-state index contributed by atoms with van der Waals surface area (Å²) in [6, 6.07) is 7.46. The van der Waals surface area contributed by atoms with Crippen LogP contribution in [0.15, 0.2) is 60.9 Å². The van der Waals surface area contributed by atoms with Crippen LogP contribution in [0.2, 0.25) is 0 Å². The van der Waals surface area contributed by atoms with Crippen molar-refractivity contribution in [2.24, 2.45) is 17.6 Å². The maximum absolute atomic E-state index is 14.3. The van der Waals surface area contributed by atoms with Gasteiger partial charge in [-0.05, 0) is 48.9 Å². The molecule has 296 valence electrons. The molecule has 16 nitrogen and oxygen atoms in total. The van der Waals surface area contributed by atoms with Gasteiger partial charge in [-0.3, -0.25) is 24.0 Å². The Kier molecular flexibility index (Phi) is 14.2. The van der Waals surface area contributed by atoms with Crippen molar-refractivity contribution in [3.8, 4) is 0 Å². The summed E-state index contributed by atoms with van der Waals surface area (Å²) in [4.78, 5) is 86.2. The van der Waals surface area contributed by atoms with Gasteiger partial charge in [0.25, 0.3) is 0 Å². The summed E-state index contributed by atoms with van der Waals surface area (Å²) in [7, 11) is 0. The molecular formula is C39H52N8O8. The molecule has 0 radical (unpaired) electrons. The van der Waals surface area contributed by atoms with E-state index in [9.17, 15) is 39.0 Å². The van der Waals surface area contributed by atoms with Gasteiger partial charge in [-0.15, -0.1) is 0 Å². The van der Waals surface area contributed by atoms with E-state index in [0.29, 0.717) is 11.1 Å². The Morgan fingerprint density at radius 3 is 1.49 bits per heavy atom. The number of aliphatic carboxylic acids is 1. The van der Waals surface area contributed by atoms with Gasteiger partial charge in [0.1, 0.15) is 36.3 Å². The highest BCUT2D eigenvalue weighted by Gasteiger charge is 2.35. The number of hydrogen-bond acceptors (Lipinski definition) is 8. The fourth-order valence-electron chi connectivity index (χ4n) is 6.17. The lowest BCUT2D eigenvalue weighted by Crippen LogP contribution is -2.60. The molecule has 11 N–H and O–H groups in total. The van der Waals surface area contributed by atoms with Crippen LogP contribution >= 0.6 is 0 Å². The molecule has 0 aliphatic heterocycles. The van der Waals surface area contributed by atoms with Crippen LogP contribution in [-0.4, -0.2) is 98.0 Å². The minimum atomic E-state index is -1.29. The number of carboxylic acid groups (broad SMARTS) is 1. The van der Waals surface area contributed by atoms with Gasteiger partial charge < -0.3 is 52.5 Å². The fraction of sp³-hybridized carbons (Fsp3) is 0.436. The second-order valence-corrected chi connectivity index (χ2v) is 14.5. The van der Waals surface area contributed by atoms with Crippen LogP contribution < -0.4 is 32.3 Å². The molecule has 0 saturated heterocycles. The van der Waals surface area contributed by atoms with Crippen LogP contribution in [0, 0.1) is 11.8 Å². The molecule has 0 spiro atoms. The van der Waals surface area contributed by atoms with Crippen LogP contribution in [-0.2, 0) is 41.6 Å². The molecule has 0 aliphatic carbocycles. The molecule has 0 unspecified atom stereocenters.